The summed E-state index contributed by atoms with van der Waals surface area (Å²) in [6.45, 7) is 6.71. The molecule has 0 spiro atoms. The van der Waals surface area contributed by atoms with E-state index in [9.17, 15) is 0 Å². The van der Waals surface area contributed by atoms with E-state index in [0.717, 1.165) is 17.1 Å². The molecule has 0 aromatic heterocycles. The Labute approximate surface area is 115 Å². The van der Waals surface area contributed by atoms with Crippen molar-refractivity contribution in [2.75, 3.05) is 19.7 Å². The second-order valence-electron chi connectivity index (χ2n) is 4.81. The van der Waals surface area contributed by atoms with Gasteiger partial charge in [-0.15, -0.1) is 5.73 Å². The smallest absolute Gasteiger partial charge is 0.0696 e. The Morgan fingerprint density at radius 3 is 2.56 bits per heavy atom. The Kier molecular flexibility index (Phi) is 7.07. The van der Waals surface area contributed by atoms with Gasteiger partial charge in [0.25, 0.3) is 0 Å². The van der Waals surface area contributed by atoms with Gasteiger partial charge < -0.3 is 10.4 Å². The maximum Gasteiger partial charge on any atom is 0.0696 e. The van der Waals surface area contributed by atoms with Crippen molar-refractivity contribution in [1.29, 1.82) is 0 Å². The van der Waals surface area contributed by atoms with Crippen LogP contribution in [0.15, 0.2) is 40.1 Å². The van der Waals surface area contributed by atoms with Gasteiger partial charge in [-0.05, 0) is 62.1 Å². The van der Waals surface area contributed by atoms with Gasteiger partial charge in [0.2, 0.25) is 0 Å². The SMILES string of the molecule is CC1=CC(CO)=C(Cl)C=C=C1.CC1CCNCC1. The summed E-state index contributed by atoms with van der Waals surface area (Å²) in [7, 11) is 0. The molecule has 2 aliphatic rings. The van der Waals surface area contributed by atoms with Crippen LogP contribution in [-0.2, 0) is 0 Å². The first-order valence-corrected chi connectivity index (χ1v) is 6.82. The third-order valence-electron chi connectivity index (χ3n) is 3.03. The minimum Gasteiger partial charge on any atom is -0.392 e. The molecule has 0 unspecified atom stereocenters. The van der Waals surface area contributed by atoms with Gasteiger partial charge in [0, 0.05) is 0 Å². The summed E-state index contributed by atoms with van der Waals surface area (Å²) in [6.07, 6.45) is 8.07. The molecular weight excluding hydrogens is 246 g/mol. The van der Waals surface area contributed by atoms with E-state index in [4.69, 9.17) is 16.7 Å². The molecule has 2 N–H and O–H groups in total. The highest BCUT2D eigenvalue weighted by molar-refractivity contribution is 6.31. The molecule has 100 valence electrons. The van der Waals surface area contributed by atoms with E-state index in [-0.39, 0.29) is 6.61 Å². The number of halogens is 1. The maximum absolute atomic E-state index is 8.86. The van der Waals surface area contributed by atoms with Crippen molar-refractivity contribution in [3.05, 3.63) is 40.1 Å². The van der Waals surface area contributed by atoms with E-state index >= 15 is 0 Å². The van der Waals surface area contributed by atoms with Gasteiger partial charge in [0.15, 0.2) is 0 Å². The van der Waals surface area contributed by atoms with Crippen molar-refractivity contribution in [2.45, 2.75) is 26.7 Å². The number of aliphatic hydroxyl groups excluding tert-OH is 1. The fourth-order valence-electron chi connectivity index (χ4n) is 1.81. The molecule has 0 aromatic rings. The van der Waals surface area contributed by atoms with Gasteiger partial charge in [-0.25, -0.2) is 0 Å². The summed E-state index contributed by atoms with van der Waals surface area (Å²) >= 11 is 5.79. The van der Waals surface area contributed by atoms with E-state index in [0.29, 0.717) is 5.03 Å². The second-order valence-corrected chi connectivity index (χ2v) is 5.21. The normalized spacial score (nSPS) is 20.1. The lowest BCUT2D eigenvalue weighted by molar-refractivity contribution is 0.334. The molecule has 1 aliphatic heterocycles. The summed E-state index contributed by atoms with van der Waals surface area (Å²) < 4.78 is 0. The summed E-state index contributed by atoms with van der Waals surface area (Å²) in [5, 5.41) is 12.7. The number of hydrogen-bond donors (Lipinski definition) is 2. The van der Waals surface area contributed by atoms with Gasteiger partial charge in [-0.2, -0.15) is 0 Å². The van der Waals surface area contributed by atoms with Crippen molar-refractivity contribution in [1.82, 2.24) is 5.32 Å². The maximum atomic E-state index is 8.86. The fourth-order valence-corrected chi connectivity index (χ4v) is 1.99. The number of allylic oxidation sites excluding steroid dienone is 3. The minimum absolute atomic E-state index is 0.0256. The first kappa shape index (κ1) is 15.3. The topological polar surface area (TPSA) is 32.3 Å². The Morgan fingerprint density at radius 2 is 2.06 bits per heavy atom. The minimum atomic E-state index is -0.0256. The lowest BCUT2D eigenvalue weighted by atomic mass is 10.0. The van der Waals surface area contributed by atoms with Crippen LogP contribution in [0.5, 0.6) is 0 Å². The van der Waals surface area contributed by atoms with Crippen molar-refractivity contribution in [3.63, 3.8) is 0 Å². The number of rotatable bonds is 1. The van der Waals surface area contributed by atoms with E-state index < -0.39 is 0 Å². The monoisotopic (exact) mass is 267 g/mol. The van der Waals surface area contributed by atoms with Gasteiger partial charge in [0.1, 0.15) is 0 Å². The molecule has 18 heavy (non-hydrogen) atoms. The highest BCUT2D eigenvalue weighted by atomic mass is 35.5. The quantitative estimate of drug-likeness (QED) is 0.716. The molecule has 1 aliphatic carbocycles. The van der Waals surface area contributed by atoms with E-state index in [2.05, 4.69) is 18.0 Å². The molecule has 2 nitrogen and oxygen atoms in total. The van der Waals surface area contributed by atoms with E-state index in [1.807, 2.05) is 19.1 Å². The fraction of sp³-hybridized carbons (Fsp3) is 0.533. The van der Waals surface area contributed by atoms with Crippen molar-refractivity contribution in [3.8, 4) is 0 Å². The molecule has 1 saturated heterocycles. The summed E-state index contributed by atoms with van der Waals surface area (Å²) in [6, 6.07) is 0. The number of piperidine rings is 1. The highest BCUT2D eigenvalue weighted by Gasteiger charge is 2.05. The van der Waals surface area contributed by atoms with Crippen LogP contribution in [0.25, 0.3) is 0 Å². The van der Waals surface area contributed by atoms with Gasteiger partial charge in [-0.3, -0.25) is 0 Å². The molecule has 0 radical (unpaired) electrons. The lowest BCUT2D eigenvalue weighted by Crippen LogP contribution is -2.26. The first-order chi connectivity index (χ1) is 8.63. The molecule has 3 heteroatoms. The van der Waals surface area contributed by atoms with Crippen molar-refractivity contribution >= 4 is 11.6 Å². The molecule has 0 amide bonds. The van der Waals surface area contributed by atoms with Crippen molar-refractivity contribution < 1.29 is 5.11 Å². The van der Waals surface area contributed by atoms with Crippen molar-refractivity contribution in [2.24, 2.45) is 5.92 Å². The predicted octanol–water partition coefficient (Wildman–Crippen LogP) is 3.15. The zero-order valence-electron chi connectivity index (χ0n) is 11.2. The Bertz CT molecular complexity index is 383. The Hall–Kier alpha value is -0.790. The van der Waals surface area contributed by atoms with Gasteiger partial charge in [-0.1, -0.05) is 24.6 Å². The first-order valence-electron chi connectivity index (χ1n) is 6.44. The summed E-state index contributed by atoms with van der Waals surface area (Å²) in [4.78, 5) is 0. The summed E-state index contributed by atoms with van der Waals surface area (Å²) in [5.74, 6) is 0.973. The highest BCUT2D eigenvalue weighted by Crippen LogP contribution is 2.16. The second kappa shape index (κ2) is 8.34. The molecule has 0 aromatic carbocycles. The van der Waals surface area contributed by atoms with Crippen LogP contribution in [-0.4, -0.2) is 24.8 Å². The van der Waals surface area contributed by atoms with E-state index in [1.165, 1.54) is 25.9 Å². The Balaban J connectivity index is 0.000000199. The molecule has 0 atom stereocenters. The molecule has 1 heterocycles. The molecule has 1 fully saturated rings. The van der Waals surface area contributed by atoms with Crippen LogP contribution >= 0.6 is 11.6 Å². The zero-order chi connectivity index (χ0) is 13.4. The average molecular weight is 268 g/mol. The van der Waals surface area contributed by atoms with Crippen LogP contribution in [0.2, 0.25) is 0 Å². The van der Waals surface area contributed by atoms with Crippen LogP contribution in [0.3, 0.4) is 0 Å². The lowest BCUT2D eigenvalue weighted by Gasteiger charge is -2.17. The molecule has 0 saturated carbocycles. The standard InChI is InChI=1S/C9H9ClO.C6H13N/c1-7-3-2-4-9(10)8(5-7)6-11;1-6-2-4-7-5-3-6/h3-5,11H,6H2,1H3;6-7H,2-5H2,1H3. The van der Waals surface area contributed by atoms with Crippen LogP contribution in [0, 0.1) is 5.92 Å². The number of hydrogen-bond acceptors (Lipinski definition) is 2. The molecular formula is C15H22ClNO. The Morgan fingerprint density at radius 1 is 1.39 bits per heavy atom. The van der Waals surface area contributed by atoms with Crippen LogP contribution < -0.4 is 5.32 Å². The van der Waals surface area contributed by atoms with Crippen LogP contribution in [0.4, 0.5) is 0 Å². The number of nitrogens with one attached hydrogen (secondary N) is 1. The van der Waals surface area contributed by atoms with Gasteiger partial charge in [0.05, 0.1) is 11.6 Å². The summed E-state index contributed by atoms with van der Waals surface area (Å²) in [5.41, 5.74) is 4.68. The van der Waals surface area contributed by atoms with E-state index in [1.54, 1.807) is 6.08 Å². The molecule has 0 bridgehead atoms. The van der Waals surface area contributed by atoms with Gasteiger partial charge >= 0.3 is 0 Å². The number of aliphatic hydroxyl groups is 1. The predicted molar refractivity (Wildman–Crippen MR) is 77.6 cm³/mol. The largest absolute Gasteiger partial charge is 0.392 e. The average Bonchev–Trinajstić information content (AvgIpc) is 2.52. The third kappa shape index (κ3) is 5.70. The third-order valence-corrected chi connectivity index (χ3v) is 3.38. The zero-order valence-corrected chi connectivity index (χ0v) is 11.9. The molecule has 2 rings (SSSR count). The van der Waals surface area contributed by atoms with Crippen LogP contribution in [0.1, 0.15) is 26.7 Å².